The summed E-state index contributed by atoms with van der Waals surface area (Å²) in [6.07, 6.45) is 1.73. The van der Waals surface area contributed by atoms with Gasteiger partial charge in [-0.15, -0.1) is 0 Å². The summed E-state index contributed by atoms with van der Waals surface area (Å²) in [6.45, 7) is 1.95. The van der Waals surface area contributed by atoms with Crippen molar-refractivity contribution in [3.05, 3.63) is 38.6 Å². The molecule has 6 nitrogen and oxygen atoms in total. The van der Waals surface area contributed by atoms with Gasteiger partial charge in [-0.3, -0.25) is 0 Å². The summed E-state index contributed by atoms with van der Waals surface area (Å²) >= 11 is 22.1. The summed E-state index contributed by atoms with van der Waals surface area (Å²) in [7, 11) is -3.44. The summed E-state index contributed by atoms with van der Waals surface area (Å²) in [6, 6.07) is 2.78. The monoisotopic (exact) mass is 402 g/mol. The second kappa shape index (κ2) is 8.21. The number of nitrogens with zero attached hydrogens (tertiary/aromatic N) is 4. The molecule has 120 valence electrons. The van der Waals surface area contributed by atoms with E-state index in [0.29, 0.717) is 16.1 Å². The Morgan fingerprint density at radius 1 is 0.864 bits per heavy atom. The van der Waals surface area contributed by atoms with E-state index in [1.165, 1.54) is 12.1 Å². The molecule has 0 atom stereocenters. The predicted octanol–water partition coefficient (Wildman–Crippen LogP) is 3.53. The Bertz CT molecular complexity index is 730. The number of halogens is 4. The van der Waals surface area contributed by atoms with Crippen molar-refractivity contribution < 1.29 is 8.42 Å². The normalized spacial score (nSPS) is 10.8. The van der Waals surface area contributed by atoms with E-state index >= 15 is 0 Å². The second-order valence-electron chi connectivity index (χ2n) is 3.85. The van der Waals surface area contributed by atoms with Crippen LogP contribution < -0.4 is 0 Å². The van der Waals surface area contributed by atoms with Crippen molar-refractivity contribution in [2.75, 3.05) is 6.26 Å². The van der Waals surface area contributed by atoms with Crippen molar-refractivity contribution in [3.63, 3.8) is 0 Å². The molecule has 0 aromatic carbocycles. The number of rotatable bonds is 2. The zero-order chi connectivity index (χ0) is 16.9. The van der Waals surface area contributed by atoms with Gasteiger partial charge >= 0.3 is 0 Å². The van der Waals surface area contributed by atoms with Crippen LogP contribution >= 0.6 is 46.4 Å². The van der Waals surface area contributed by atoms with Crippen LogP contribution in [-0.2, 0) is 16.3 Å². The van der Waals surface area contributed by atoms with Crippen LogP contribution in [0.5, 0.6) is 0 Å². The first-order valence-corrected chi connectivity index (χ1v) is 9.11. The van der Waals surface area contributed by atoms with Crippen LogP contribution in [-0.4, -0.2) is 34.6 Å². The number of hydrogen-bond donors (Lipinski definition) is 0. The molecule has 0 N–H and O–H groups in total. The van der Waals surface area contributed by atoms with Crippen molar-refractivity contribution in [3.8, 4) is 0 Å². The highest BCUT2D eigenvalue weighted by molar-refractivity contribution is 7.90. The topological polar surface area (TPSA) is 85.7 Å². The smallest absolute Gasteiger partial charge is 0.221 e. The fourth-order valence-electron chi connectivity index (χ4n) is 1.13. The largest absolute Gasteiger partial charge is 0.249 e. The number of hydrogen-bond acceptors (Lipinski definition) is 6. The third kappa shape index (κ3) is 6.58. The summed E-state index contributed by atoms with van der Waals surface area (Å²) < 4.78 is 21.8. The van der Waals surface area contributed by atoms with Gasteiger partial charge in [0.05, 0.1) is 0 Å². The van der Waals surface area contributed by atoms with E-state index in [9.17, 15) is 8.42 Å². The molecular formula is C11H10Cl4N4O2S. The zero-order valence-corrected chi connectivity index (χ0v) is 15.2. The van der Waals surface area contributed by atoms with Gasteiger partial charge in [0, 0.05) is 24.8 Å². The van der Waals surface area contributed by atoms with Gasteiger partial charge in [0.15, 0.2) is 0 Å². The SMILES string of the molecule is CCc1nc(Cl)cc(Cl)n1.CS(=O)(=O)c1nc(Cl)cc(Cl)n1. The highest BCUT2D eigenvalue weighted by Crippen LogP contribution is 2.14. The van der Waals surface area contributed by atoms with Gasteiger partial charge in [0.1, 0.15) is 26.4 Å². The maximum absolute atomic E-state index is 10.9. The van der Waals surface area contributed by atoms with E-state index in [0.717, 1.165) is 12.7 Å². The van der Waals surface area contributed by atoms with Gasteiger partial charge in [-0.05, 0) is 0 Å². The molecule has 0 unspecified atom stereocenters. The van der Waals surface area contributed by atoms with Crippen molar-refractivity contribution in [2.45, 2.75) is 18.5 Å². The molecule has 2 heterocycles. The summed E-state index contributed by atoms with van der Waals surface area (Å²) in [5.41, 5.74) is 0. The molecule has 0 saturated carbocycles. The van der Waals surface area contributed by atoms with Gasteiger partial charge < -0.3 is 0 Å². The predicted molar refractivity (Wildman–Crippen MR) is 86.6 cm³/mol. The molecule has 2 aromatic heterocycles. The first-order chi connectivity index (χ1) is 10.1. The molecule has 0 fully saturated rings. The Labute approximate surface area is 147 Å². The van der Waals surface area contributed by atoms with Crippen LogP contribution in [0, 0.1) is 0 Å². The molecule has 22 heavy (non-hydrogen) atoms. The van der Waals surface area contributed by atoms with E-state index in [1.807, 2.05) is 6.92 Å². The lowest BCUT2D eigenvalue weighted by Crippen LogP contribution is -2.03. The van der Waals surface area contributed by atoms with Gasteiger partial charge in [0.2, 0.25) is 15.0 Å². The quantitative estimate of drug-likeness (QED) is 0.563. The van der Waals surface area contributed by atoms with Crippen molar-refractivity contribution >= 4 is 56.2 Å². The van der Waals surface area contributed by atoms with Crippen LogP contribution in [0.2, 0.25) is 20.6 Å². The molecule has 11 heteroatoms. The minimum atomic E-state index is -3.44. The Hall–Kier alpha value is -0.730. The van der Waals surface area contributed by atoms with E-state index in [4.69, 9.17) is 46.4 Å². The summed E-state index contributed by atoms with van der Waals surface area (Å²) in [5, 5.41) is 0.458. The highest BCUT2D eigenvalue weighted by atomic mass is 35.5. The Kier molecular flexibility index (Phi) is 7.21. The fraction of sp³-hybridized carbons (Fsp3) is 0.273. The maximum Gasteiger partial charge on any atom is 0.249 e. The summed E-state index contributed by atoms with van der Waals surface area (Å²) in [4.78, 5) is 14.8. The zero-order valence-electron chi connectivity index (χ0n) is 11.4. The first-order valence-electron chi connectivity index (χ1n) is 5.71. The number of sulfone groups is 1. The number of aryl methyl sites for hydroxylation is 1. The average Bonchev–Trinajstić information content (AvgIpc) is 2.36. The highest BCUT2D eigenvalue weighted by Gasteiger charge is 2.12. The van der Waals surface area contributed by atoms with Crippen LogP contribution in [0.1, 0.15) is 12.7 Å². The van der Waals surface area contributed by atoms with E-state index in [2.05, 4.69) is 19.9 Å². The lowest BCUT2D eigenvalue weighted by molar-refractivity contribution is 0.593. The van der Waals surface area contributed by atoms with Crippen LogP contribution in [0.3, 0.4) is 0 Å². The third-order valence-corrected chi connectivity index (χ3v) is 3.62. The Morgan fingerprint density at radius 2 is 1.23 bits per heavy atom. The molecule has 0 aliphatic rings. The molecule has 0 amide bonds. The van der Waals surface area contributed by atoms with Crippen LogP contribution in [0.25, 0.3) is 0 Å². The molecular weight excluding hydrogens is 394 g/mol. The van der Waals surface area contributed by atoms with Gasteiger partial charge in [-0.25, -0.2) is 28.4 Å². The van der Waals surface area contributed by atoms with Gasteiger partial charge in [-0.1, -0.05) is 53.3 Å². The standard InChI is InChI=1S/C6H6Cl2N2.C5H4Cl2N2O2S/c1-2-6-9-4(7)3-5(8)10-6;1-12(10,11)5-8-3(6)2-4(7)9-5/h3H,2H2,1H3;2H,1H3. The number of aromatic nitrogens is 4. The molecule has 0 saturated heterocycles. The van der Waals surface area contributed by atoms with Crippen LogP contribution in [0.15, 0.2) is 17.3 Å². The van der Waals surface area contributed by atoms with E-state index < -0.39 is 9.84 Å². The maximum atomic E-state index is 10.9. The van der Waals surface area contributed by atoms with E-state index in [1.54, 1.807) is 0 Å². The van der Waals surface area contributed by atoms with Crippen molar-refractivity contribution in [1.29, 1.82) is 0 Å². The lowest BCUT2D eigenvalue weighted by Gasteiger charge is -1.96. The lowest BCUT2D eigenvalue weighted by atomic mass is 10.4. The molecule has 2 aromatic rings. The molecule has 2 rings (SSSR count). The second-order valence-corrected chi connectivity index (χ2v) is 7.31. The Morgan fingerprint density at radius 3 is 1.55 bits per heavy atom. The van der Waals surface area contributed by atoms with Crippen molar-refractivity contribution in [2.24, 2.45) is 0 Å². The Balaban J connectivity index is 0.000000224. The van der Waals surface area contributed by atoms with Crippen LogP contribution in [0.4, 0.5) is 0 Å². The van der Waals surface area contributed by atoms with Gasteiger partial charge in [-0.2, -0.15) is 0 Å². The minimum absolute atomic E-state index is 0.00965. The van der Waals surface area contributed by atoms with Crippen molar-refractivity contribution in [1.82, 2.24) is 19.9 Å². The summed E-state index contributed by atoms with van der Waals surface area (Å²) in [5.74, 6) is 0.678. The average molecular weight is 404 g/mol. The fourth-order valence-corrected chi connectivity index (χ4v) is 2.64. The molecule has 0 radical (unpaired) electrons. The molecule has 0 spiro atoms. The molecule has 0 aliphatic heterocycles. The van der Waals surface area contributed by atoms with Gasteiger partial charge in [0.25, 0.3) is 0 Å². The molecule has 0 bridgehead atoms. The van der Waals surface area contributed by atoms with E-state index in [-0.39, 0.29) is 15.5 Å². The third-order valence-electron chi connectivity index (χ3n) is 2.00. The first kappa shape index (κ1) is 19.3. The minimum Gasteiger partial charge on any atom is -0.221 e. The molecule has 0 aliphatic carbocycles.